The van der Waals surface area contributed by atoms with Crippen molar-refractivity contribution in [3.8, 4) is 16.9 Å². The first-order chi connectivity index (χ1) is 14.0. The second kappa shape index (κ2) is 9.45. The fraction of sp³-hybridized carbons (Fsp3) is 0.333. The average molecular weight is 425 g/mol. The van der Waals surface area contributed by atoms with Crippen LogP contribution in [0.25, 0.3) is 16.9 Å². The highest BCUT2D eigenvalue weighted by Crippen LogP contribution is 2.28. The number of aromatic nitrogens is 2. The Labute approximate surface area is 184 Å². The molecule has 3 aromatic rings. The van der Waals surface area contributed by atoms with Gasteiger partial charge in [0.25, 0.3) is 5.91 Å². The van der Waals surface area contributed by atoms with Gasteiger partial charge in [0, 0.05) is 23.8 Å². The van der Waals surface area contributed by atoms with E-state index in [0.717, 1.165) is 41.9 Å². The largest absolute Gasteiger partial charge is 0.349 e. The highest BCUT2D eigenvalue weighted by atomic mass is 35.5. The smallest absolute Gasteiger partial charge is 0.255 e. The van der Waals surface area contributed by atoms with Gasteiger partial charge >= 0.3 is 0 Å². The van der Waals surface area contributed by atoms with Crippen molar-refractivity contribution < 1.29 is 4.79 Å². The molecule has 0 aliphatic carbocycles. The Bertz CT molecular complexity index is 1020. The zero-order valence-electron chi connectivity index (χ0n) is 17.7. The van der Waals surface area contributed by atoms with Gasteiger partial charge in [-0.25, -0.2) is 4.68 Å². The number of piperidine rings is 1. The molecule has 1 aliphatic rings. The molecule has 1 aliphatic heterocycles. The maximum absolute atomic E-state index is 13.3. The number of carbonyl (C=O) groups is 1. The van der Waals surface area contributed by atoms with Crippen LogP contribution in [0.1, 0.15) is 41.3 Å². The summed E-state index contributed by atoms with van der Waals surface area (Å²) in [7, 11) is 0. The molecular weight excluding hydrogens is 396 g/mol. The van der Waals surface area contributed by atoms with Crippen LogP contribution in [0, 0.1) is 13.8 Å². The van der Waals surface area contributed by atoms with E-state index in [1.165, 1.54) is 5.56 Å². The lowest BCUT2D eigenvalue weighted by Crippen LogP contribution is -2.46. The first-order valence-corrected chi connectivity index (χ1v) is 10.3. The highest BCUT2D eigenvalue weighted by molar-refractivity contribution is 6.00. The Morgan fingerprint density at radius 2 is 1.93 bits per heavy atom. The number of aryl methyl sites for hydroxylation is 2. The summed E-state index contributed by atoms with van der Waals surface area (Å²) in [4.78, 5) is 13.3. The van der Waals surface area contributed by atoms with Crippen molar-refractivity contribution in [1.29, 1.82) is 0 Å². The quantitative estimate of drug-likeness (QED) is 0.650. The molecule has 0 radical (unpaired) electrons. The van der Waals surface area contributed by atoms with E-state index < -0.39 is 0 Å². The maximum Gasteiger partial charge on any atom is 0.255 e. The van der Waals surface area contributed by atoms with Gasteiger partial charge in [-0.3, -0.25) is 4.79 Å². The molecule has 1 fully saturated rings. The summed E-state index contributed by atoms with van der Waals surface area (Å²) in [6.45, 7) is 7.23. The molecule has 1 saturated heterocycles. The van der Waals surface area contributed by atoms with Crippen LogP contribution in [-0.2, 0) is 0 Å². The van der Waals surface area contributed by atoms with Crippen LogP contribution in [0.3, 0.4) is 0 Å². The summed E-state index contributed by atoms with van der Waals surface area (Å²) < 4.78 is 1.80. The molecule has 1 amide bonds. The number of amides is 1. The molecule has 2 heterocycles. The lowest BCUT2D eigenvalue weighted by Gasteiger charge is -2.28. The molecule has 6 heteroatoms. The number of para-hydroxylation sites is 1. The Hall–Kier alpha value is -2.63. The normalized spacial score (nSPS) is 18.5. The van der Waals surface area contributed by atoms with Crippen molar-refractivity contribution in [3.05, 3.63) is 71.4 Å². The number of carbonyl (C=O) groups excluding carboxylic acids is 1. The van der Waals surface area contributed by atoms with E-state index in [9.17, 15) is 4.79 Å². The van der Waals surface area contributed by atoms with E-state index in [1.54, 1.807) is 4.68 Å². The van der Waals surface area contributed by atoms with Crippen molar-refractivity contribution in [3.63, 3.8) is 0 Å². The molecule has 0 bridgehead atoms. The first kappa shape index (κ1) is 22.1. The SMILES string of the molecule is Cc1ccc(-c2nn(-c3ccccc3)cc2C(=O)NC2CCNC(C)C2)c(C)c1.Cl. The third-order valence-electron chi connectivity index (χ3n) is 5.58. The molecule has 1 aromatic heterocycles. The van der Waals surface area contributed by atoms with E-state index in [1.807, 2.05) is 36.5 Å². The van der Waals surface area contributed by atoms with Crippen LogP contribution >= 0.6 is 12.4 Å². The minimum Gasteiger partial charge on any atom is -0.349 e. The molecule has 0 spiro atoms. The van der Waals surface area contributed by atoms with Crippen LogP contribution < -0.4 is 10.6 Å². The Kier molecular flexibility index (Phi) is 6.95. The van der Waals surface area contributed by atoms with Gasteiger partial charge in [-0.15, -0.1) is 12.4 Å². The van der Waals surface area contributed by atoms with Crippen LogP contribution in [0.15, 0.2) is 54.7 Å². The Morgan fingerprint density at radius 1 is 1.17 bits per heavy atom. The van der Waals surface area contributed by atoms with Crippen molar-refractivity contribution in [1.82, 2.24) is 20.4 Å². The third kappa shape index (κ3) is 4.74. The van der Waals surface area contributed by atoms with E-state index in [2.05, 4.69) is 49.6 Å². The van der Waals surface area contributed by atoms with E-state index in [0.29, 0.717) is 11.6 Å². The van der Waals surface area contributed by atoms with Gasteiger partial charge in [-0.2, -0.15) is 5.10 Å². The molecule has 2 atom stereocenters. The lowest BCUT2D eigenvalue weighted by atomic mass is 9.98. The van der Waals surface area contributed by atoms with Crippen molar-refractivity contribution in [2.24, 2.45) is 0 Å². The number of benzene rings is 2. The summed E-state index contributed by atoms with van der Waals surface area (Å²) in [5.74, 6) is -0.0544. The van der Waals surface area contributed by atoms with Gasteiger partial charge in [0.2, 0.25) is 0 Å². The zero-order chi connectivity index (χ0) is 20.4. The van der Waals surface area contributed by atoms with Crippen LogP contribution in [0.5, 0.6) is 0 Å². The van der Waals surface area contributed by atoms with Gasteiger partial charge in [-0.05, 0) is 57.9 Å². The van der Waals surface area contributed by atoms with Crippen molar-refractivity contribution in [2.75, 3.05) is 6.54 Å². The number of hydrogen-bond acceptors (Lipinski definition) is 3. The van der Waals surface area contributed by atoms with Gasteiger partial charge in [0.05, 0.1) is 11.3 Å². The summed E-state index contributed by atoms with van der Waals surface area (Å²) >= 11 is 0. The first-order valence-electron chi connectivity index (χ1n) is 10.3. The molecule has 2 aromatic carbocycles. The summed E-state index contributed by atoms with van der Waals surface area (Å²) in [6.07, 6.45) is 3.74. The second-order valence-corrected chi connectivity index (χ2v) is 8.04. The van der Waals surface area contributed by atoms with E-state index >= 15 is 0 Å². The van der Waals surface area contributed by atoms with Crippen LogP contribution in [0.4, 0.5) is 0 Å². The summed E-state index contributed by atoms with van der Waals surface area (Å²) in [6, 6.07) is 16.8. The van der Waals surface area contributed by atoms with E-state index in [-0.39, 0.29) is 24.4 Å². The topological polar surface area (TPSA) is 59.0 Å². The number of nitrogens with zero attached hydrogens (tertiary/aromatic N) is 2. The Morgan fingerprint density at radius 3 is 2.63 bits per heavy atom. The third-order valence-corrected chi connectivity index (χ3v) is 5.58. The van der Waals surface area contributed by atoms with Gasteiger partial charge in [-0.1, -0.05) is 42.0 Å². The maximum atomic E-state index is 13.3. The van der Waals surface area contributed by atoms with Crippen molar-refractivity contribution >= 4 is 18.3 Å². The predicted molar refractivity (Wildman–Crippen MR) is 124 cm³/mol. The standard InChI is InChI=1S/C24H28N4O.ClH/c1-16-9-10-21(17(2)13-16)23-22(15-28(27-23)20-7-5-4-6-8-20)24(29)26-19-11-12-25-18(3)14-19;/h4-10,13,15,18-19,25H,11-12,14H2,1-3H3,(H,26,29);1H. The fourth-order valence-corrected chi connectivity index (χ4v) is 4.06. The molecule has 4 rings (SSSR count). The summed E-state index contributed by atoms with van der Waals surface area (Å²) in [5.41, 5.74) is 5.59. The second-order valence-electron chi connectivity index (χ2n) is 8.04. The van der Waals surface area contributed by atoms with Crippen LogP contribution in [-0.4, -0.2) is 34.3 Å². The molecular formula is C24H29ClN4O. The number of rotatable bonds is 4. The molecule has 5 nitrogen and oxygen atoms in total. The molecule has 2 N–H and O–H groups in total. The minimum absolute atomic E-state index is 0. The highest BCUT2D eigenvalue weighted by Gasteiger charge is 2.24. The molecule has 2 unspecified atom stereocenters. The minimum atomic E-state index is -0.0544. The number of nitrogens with one attached hydrogen (secondary N) is 2. The lowest BCUT2D eigenvalue weighted by molar-refractivity contribution is 0.0926. The Balaban J connectivity index is 0.00000256. The zero-order valence-corrected chi connectivity index (χ0v) is 18.5. The van der Waals surface area contributed by atoms with Gasteiger partial charge in [0.15, 0.2) is 0 Å². The number of halogens is 1. The van der Waals surface area contributed by atoms with Gasteiger partial charge < -0.3 is 10.6 Å². The van der Waals surface area contributed by atoms with Crippen LogP contribution in [0.2, 0.25) is 0 Å². The monoisotopic (exact) mass is 424 g/mol. The number of hydrogen-bond donors (Lipinski definition) is 2. The van der Waals surface area contributed by atoms with Crippen molar-refractivity contribution in [2.45, 2.75) is 45.7 Å². The van der Waals surface area contributed by atoms with E-state index in [4.69, 9.17) is 5.10 Å². The van der Waals surface area contributed by atoms with Gasteiger partial charge in [0.1, 0.15) is 5.69 Å². The molecule has 0 saturated carbocycles. The predicted octanol–water partition coefficient (Wildman–Crippen LogP) is 4.45. The summed E-state index contributed by atoms with van der Waals surface area (Å²) in [5, 5.41) is 11.5. The molecule has 30 heavy (non-hydrogen) atoms. The molecule has 158 valence electrons. The fourth-order valence-electron chi connectivity index (χ4n) is 4.06. The average Bonchev–Trinajstić information content (AvgIpc) is 3.14.